The number of piperidine rings is 1. The SMILES string of the molecule is COc1ccc(CN2CCN(Cc3c(O)c(=O)cc(CN4CC5CC(C4)c4cccc(=O)n4C5)n3C)CC2)c(OC)c1OC. The van der Waals surface area contributed by atoms with E-state index >= 15 is 0 Å². The van der Waals surface area contributed by atoms with Gasteiger partial charge in [0.1, 0.15) is 0 Å². The highest BCUT2D eigenvalue weighted by Crippen LogP contribution is 2.40. The number of pyridine rings is 2. The van der Waals surface area contributed by atoms with Crippen LogP contribution in [0.25, 0.3) is 0 Å². The van der Waals surface area contributed by atoms with E-state index in [4.69, 9.17) is 14.2 Å². The second-order valence-electron chi connectivity index (χ2n) is 12.3. The molecule has 0 spiro atoms. The fourth-order valence-electron chi connectivity index (χ4n) is 7.32. The van der Waals surface area contributed by atoms with E-state index in [2.05, 4.69) is 20.8 Å². The van der Waals surface area contributed by atoms with Crippen LogP contribution >= 0.6 is 0 Å². The van der Waals surface area contributed by atoms with Gasteiger partial charge in [-0.15, -0.1) is 0 Å². The molecule has 3 aromatic rings. The van der Waals surface area contributed by atoms with E-state index in [9.17, 15) is 14.7 Å². The van der Waals surface area contributed by atoms with Crippen molar-refractivity contribution in [2.24, 2.45) is 13.0 Å². The maximum atomic E-state index is 12.9. The first-order valence-electron chi connectivity index (χ1n) is 15.3. The lowest BCUT2D eigenvalue weighted by Crippen LogP contribution is -2.47. The molecular weight excluding hydrogens is 562 g/mol. The summed E-state index contributed by atoms with van der Waals surface area (Å²) >= 11 is 0. The van der Waals surface area contributed by atoms with Crippen LogP contribution in [-0.4, -0.2) is 89.5 Å². The predicted octanol–water partition coefficient (Wildman–Crippen LogP) is 2.22. The molecule has 11 heteroatoms. The van der Waals surface area contributed by atoms with Gasteiger partial charge in [-0.2, -0.15) is 0 Å². The average molecular weight is 606 g/mol. The van der Waals surface area contributed by atoms with E-state index in [1.54, 1.807) is 33.5 Å². The van der Waals surface area contributed by atoms with Gasteiger partial charge in [-0.25, -0.2) is 0 Å². The molecule has 6 rings (SSSR count). The van der Waals surface area contributed by atoms with Crippen LogP contribution in [0.2, 0.25) is 0 Å². The number of likely N-dealkylation sites (tertiary alicyclic amines) is 1. The number of ether oxygens (including phenoxy) is 3. The fourth-order valence-corrected chi connectivity index (χ4v) is 7.32. The Hall–Kier alpha value is -3.80. The standard InChI is InChI=1S/C33H43N5O6/c1-34-25(20-37-16-22-14-24(19-37)26-6-5-7-30(40)38(26)17-22)15-28(39)31(41)27(34)21-36-12-10-35(11-13-36)18-23-8-9-29(42-2)33(44-4)32(23)43-3/h5-9,15,22,24,41H,10-14,16-21H2,1-4H3. The molecule has 2 atom stereocenters. The van der Waals surface area contributed by atoms with Crippen LogP contribution in [0, 0.1) is 5.92 Å². The van der Waals surface area contributed by atoms with Crippen molar-refractivity contribution in [3.8, 4) is 23.0 Å². The van der Waals surface area contributed by atoms with Gasteiger partial charge < -0.3 is 28.5 Å². The number of nitrogens with zero attached hydrogens (tertiary/aromatic N) is 5. The Bertz CT molecular complexity index is 1630. The number of rotatable bonds is 9. The number of methoxy groups -OCH3 is 3. The molecule has 44 heavy (non-hydrogen) atoms. The van der Waals surface area contributed by atoms with E-state index < -0.39 is 0 Å². The molecule has 2 bridgehead atoms. The number of piperazine rings is 1. The highest BCUT2D eigenvalue weighted by Gasteiger charge is 2.35. The number of benzene rings is 1. The predicted molar refractivity (Wildman–Crippen MR) is 167 cm³/mol. The minimum absolute atomic E-state index is 0.0812. The van der Waals surface area contributed by atoms with Crippen LogP contribution in [0.5, 0.6) is 23.0 Å². The third kappa shape index (κ3) is 5.83. The summed E-state index contributed by atoms with van der Waals surface area (Å²) in [6.07, 6.45) is 1.09. The number of hydrogen-bond acceptors (Lipinski definition) is 9. The number of hydrogen-bond donors (Lipinski definition) is 1. The Balaban J connectivity index is 1.11. The molecule has 2 aromatic heterocycles. The Morgan fingerprint density at radius 2 is 1.55 bits per heavy atom. The second-order valence-corrected chi connectivity index (χ2v) is 12.3. The summed E-state index contributed by atoms with van der Waals surface area (Å²) in [6, 6.07) is 11.1. The molecule has 2 fully saturated rings. The zero-order valence-corrected chi connectivity index (χ0v) is 26.1. The molecule has 1 N–H and O–H groups in total. The Labute approximate surface area is 257 Å². The molecule has 2 unspecified atom stereocenters. The lowest BCUT2D eigenvalue weighted by molar-refractivity contribution is 0.110. The maximum Gasteiger partial charge on any atom is 0.250 e. The van der Waals surface area contributed by atoms with Crippen molar-refractivity contribution in [1.29, 1.82) is 0 Å². The molecular formula is C33H43N5O6. The highest BCUT2D eigenvalue weighted by molar-refractivity contribution is 5.55. The van der Waals surface area contributed by atoms with Crippen LogP contribution < -0.4 is 25.2 Å². The van der Waals surface area contributed by atoms with Gasteiger partial charge >= 0.3 is 0 Å². The van der Waals surface area contributed by atoms with Gasteiger partial charge in [-0.3, -0.25) is 24.3 Å². The van der Waals surface area contributed by atoms with Crippen molar-refractivity contribution < 1.29 is 19.3 Å². The Morgan fingerprint density at radius 3 is 2.25 bits per heavy atom. The number of aromatic hydroxyl groups is 1. The van der Waals surface area contributed by atoms with Crippen LogP contribution in [-0.2, 0) is 33.2 Å². The fraction of sp³-hybridized carbons (Fsp3) is 0.515. The summed E-state index contributed by atoms with van der Waals surface area (Å²) in [5.41, 5.74) is 3.44. The first-order chi connectivity index (χ1) is 21.3. The zero-order chi connectivity index (χ0) is 31.0. The minimum Gasteiger partial charge on any atom is -0.503 e. The molecule has 236 valence electrons. The molecule has 0 saturated carbocycles. The van der Waals surface area contributed by atoms with Crippen molar-refractivity contribution in [3.05, 3.63) is 79.6 Å². The normalized spacial score (nSPS) is 20.7. The summed E-state index contributed by atoms with van der Waals surface area (Å²) in [4.78, 5) is 32.4. The average Bonchev–Trinajstić information content (AvgIpc) is 3.03. The van der Waals surface area contributed by atoms with Gasteiger partial charge in [-0.1, -0.05) is 12.1 Å². The van der Waals surface area contributed by atoms with Gasteiger partial charge in [0.2, 0.25) is 11.2 Å². The molecule has 11 nitrogen and oxygen atoms in total. The van der Waals surface area contributed by atoms with Crippen molar-refractivity contribution >= 4 is 0 Å². The number of fused-ring (bicyclic) bond motifs is 4. The first-order valence-corrected chi connectivity index (χ1v) is 15.3. The first kappa shape index (κ1) is 30.2. The van der Waals surface area contributed by atoms with E-state index in [0.29, 0.717) is 54.4 Å². The molecule has 5 heterocycles. The van der Waals surface area contributed by atoms with Crippen LogP contribution in [0.3, 0.4) is 0 Å². The molecule has 3 aliphatic heterocycles. The van der Waals surface area contributed by atoms with E-state index in [1.807, 2.05) is 34.4 Å². The molecule has 0 radical (unpaired) electrons. The third-order valence-corrected chi connectivity index (χ3v) is 9.60. The summed E-state index contributed by atoms with van der Waals surface area (Å²) < 4.78 is 20.6. The van der Waals surface area contributed by atoms with E-state index in [0.717, 1.165) is 69.2 Å². The summed E-state index contributed by atoms with van der Waals surface area (Å²) in [7, 11) is 6.81. The van der Waals surface area contributed by atoms with E-state index in [1.165, 1.54) is 0 Å². The minimum atomic E-state index is -0.332. The lowest BCUT2D eigenvalue weighted by atomic mass is 9.83. The third-order valence-electron chi connectivity index (χ3n) is 9.60. The van der Waals surface area contributed by atoms with Crippen molar-refractivity contribution in [3.63, 3.8) is 0 Å². The molecule has 0 amide bonds. The van der Waals surface area contributed by atoms with E-state index in [-0.39, 0.29) is 16.7 Å². The summed E-state index contributed by atoms with van der Waals surface area (Å²) in [5.74, 6) is 2.45. The van der Waals surface area contributed by atoms with Crippen molar-refractivity contribution in [2.45, 2.75) is 38.5 Å². The van der Waals surface area contributed by atoms with Crippen LogP contribution in [0.1, 0.15) is 35.0 Å². The largest absolute Gasteiger partial charge is 0.503 e. The van der Waals surface area contributed by atoms with Crippen LogP contribution in [0.15, 0.2) is 46.0 Å². The zero-order valence-electron chi connectivity index (χ0n) is 26.1. The summed E-state index contributed by atoms with van der Waals surface area (Å²) in [6.45, 7) is 7.61. The monoisotopic (exact) mass is 605 g/mol. The van der Waals surface area contributed by atoms with Crippen molar-refractivity contribution in [1.82, 2.24) is 23.8 Å². The lowest BCUT2D eigenvalue weighted by Gasteiger charge is -2.43. The highest BCUT2D eigenvalue weighted by atomic mass is 16.5. The van der Waals surface area contributed by atoms with Crippen LogP contribution in [0.4, 0.5) is 0 Å². The van der Waals surface area contributed by atoms with Gasteiger partial charge in [-0.05, 0) is 24.5 Å². The topological polar surface area (TPSA) is 102 Å². The number of aromatic nitrogens is 2. The van der Waals surface area contributed by atoms with Gasteiger partial charge in [0.15, 0.2) is 17.2 Å². The Kier molecular flexibility index (Phi) is 8.70. The van der Waals surface area contributed by atoms with Gasteiger partial charge in [0.05, 0.1) is 27.0 Å². The maximum absolute atomic E-state index is 12.9. The van der Waals surface area contributed by atoms with Gasteiger partial charge in [0.25, 0.3) is 5.56 Å². The molecule has 3 aliphatic rings. The quantitative estimate of drug-likeness (QED) is 0.394. The van der Waals surface area contributed by atoms with Crippen molar-refractivity contribution in [2.75, 3.05) is 60.6 Å². The molecule has 2 saturated heterocycles. The summed E-state index contributed by atoms with van der Waals surface area (Å²) in [5, 5.41) is 10.9. The molecule has 0 aliphatic carbocycles. The molecule has 1 aromatic carbocycles. The second kappa shape index (κ2) is 12.7. The van der Waals surface area contributed by atoms with Gasteiger partial charge in [0, 0.05) is 107 Å². The Morgan fingerprint density at radius 1 is 0.818 bits per heavy atom. The smallest absolute Gasteiger partial charge is 0.250 e.